The summed E-state index contributed by atoms with van der Waals surface area (Å²) < 4.78 is 52.3. The Morgan fingerprint density at radius 1 is 1.00 bits per heavy atom. The minimum absolute atomic E-state index is 0.244. The Bertz CT molecular complexity index is 581. The number of hydrogen-bond acceptors (Lipinski definition) is 2. The first kappa shape index (κ1) is 14.5. The van der Waals surface area contributed by atoms with Crippen LogP contribution in [-0.2, 0) is 6.18 Å². The van der Waals surface area contributed by atoms with Crippen molar-refractivity contribution >= 4 is 0 Å². The number of hydrazine groups is 1. The van der Waals surface area contributed by atoms with E-state index >= 15 is 0 Å². The van der Waals surface area contributed by atoms with Gasteiger partial charge in [-0.1, -0.05) is 30.3 Å². The zero-order valence-electron chi connectivity index (χ0n) is 10.3. The first-order valence-electron chi connectivity index (χ1n) is 5.81. The van der Waals surface area contributed by atoms with E-state index in [2.05, 4.69) is 5.43 Å². The Morgan fingerprint density at radius 3 is 2.20 bits per heavy atom. The predicted octanol–water partition coefficient (Wildman–Crippen LogP) is 3.40. The molecule has 20 heavy (non-hydrogen) atoms. The summed E-state index contributed by atoms with van der Waals surface area (Å²) in [6.45, 7) is 0. The van der Waals surface area contributed by atoms with Gasteiger partial charge in [0.1, 0.15) is 5.82 Å². The van der Waals surface area contributed by atoms with E-state index in [1.165, 1.54) is 0 Å². The minimum atomic E-state index is -4.58. The van der Waals surface area contributed by atoms with Crippen molar-refractivity contribution in [2.75, 3.05) is 0 Å². The molecule has 0 spiro atoms. The molecule has 1 unspecified atom stereocenters. The maximum Gasteiger partial charge on any atom is 0.416 e. The van der Waals surface area contributed by atoms with Gasteiger partial charge in [-0.2, -0.15) is 13.2 Å². The van der Waals surface area contributed by atoms with Crippen LogP contribution in [0.2, 0.25) is 0 Å². The zero-order valence-corrected chi connectivity index (χ0v) is 10.3. The number of alkyl halides is 3. The summed E-state index contributed by atoms with van der Waals surface area (Å²) in [5.74, 6) is 4.61. The molecule has 2 aromatic carbocycles. The van der Waals surface area contributed by atoms with Gasteiger partial charge in [0.2, 0.25) is 0 Å². The van der Waals surface area contributed by atoms with Gasteiger partial charge < -0.3 is 0 Å². The lowest BCUT2D eigenvalue weighted by Crippen LogP contribution is -2.30. The van der Waals surface area contributed by atoms with Crippen LogP contribution in [0.1, 0.15) is 22.7 Å². The van der Waals surface area contributed by atoms with Crippen LogP contribution in [-0.4, -0.2) is 0 Å². The van der Waals surface area contributed by atoms with Gasteiger partial charge in [0.05, 0.1) is 11.6 Å². The van der Waals surface area contributed by atoms with Crippen molar-refractivity contribution in [2.24, 2.45) is 5.84 Å². The maximum atomic E-state index is 13.3. The highest BCUT2D eigenvalue weighted by Crippen LogP contribution is 2.36. The van der Waals surface area contributed by atoms with E-state index < -0.39 is 23.6 Å². The normalized spacial score (nSPS) is 13.2. The first-order chi connectivity index (χ1) is 9.43. The molecule has 0 aliphatic rings. The van der Waals surface area contributed by atoms with Crippen molar-refractivity contribution in [3.05, 3.63) is 71.0 Å². The highest BCUT2D eigenvalue weighted by Gasteiger charge is 2.35. The molecule has 0 fully saturated rings. The van der Waals surface area contributed by atoms with Crippen LogP contribution >= 0.6 is 0 Å². The van der Waals surface area contributed by atoms with Gasteiger partial charge in [-0.3, -0.25) is 5.84 Å². The second kappa shape index (κ2) is 5.60. The summed E-state index contributed by atoms with van der Waals surface area (Å²) in [7, 11) is 0. The first-order valence-corrected chi connectivity index (χ1v) is 5.81. The molecule has 2 nitrogen and oxygen atoms in total. The third-order valence-electron chi connectivity index (χ3n) is 2.93. The highest BCUT2D eigenvalue weighted by atomic mass is 19.4. The Hall–Kier alpha value is -1.92. The van der Waals surface area contributed by atoms with Crippen molar-refractivity contribution in [2.45, 2.75) is 12.2 Å². The van der Waals surface area contributed by atoms with Crippen molar-refractivity contribution < 1.29 is 17.6 Å². The van der Waals surface area contributed by atoms with Crippen LogP contribution in [0.15, 0.2) is 48.5 Å². The Morgan fingerprint density at radius 2 is 1.65 bits per heavy atom. The Balaban J connectivity index is 2.57. The topological polar surface area (TPSA) is 38.0 Å². The number of rotatable bonds is 3. The SMILES string of the molecule is NNC(c1ccccc1)c1cc(F)ccc1C(F)(F)F. The van der Waals surface area contributed by atoms with E-state index in [0.717, 1.165) is 18.2 Å². The van der Waals surface area contributed by atoms with Crippen molar-refractivity contribution in [1.82, 2.24) is 5.43 Å². The summed E-state index contributed by atoms with van der Waals surface area (Å²) in [6, 6.07) is 9.73. The summed E-state index contributed by atoms with van der Waals surface area (Å²) in [4.78, 5) is 0. The molecule has 6 heteroatoms. The lowest BCUT2D eigenvalue weighted by molar-refractivity contribution is -0.138. The standard InChI is InChI=1S/C14H12F4N2/c15-10-6-7-12(14(16,17)18)11(8-10)13(20-19)9-4-2-1-3-5-9/h1-8,13,20H,19H2. The molecule has 1 atom stereocenters. The molecule has 0 amide bonds. The molecule has 0 heterocycles. The van der Waals surface area contributed by atoms with Gasteiger partial charge in [0.15, 0.2) is 0 Å². The fourth-order valence-electron chi connectivity index (χ4n) is 2.04. The average molecular weight is 284 g/mol. The summed E-state index contributed by atoms with van der Waals surface area (Å²) >= 11 is 0. The van der Waals surface area contributed by atoms with E-state index in [4.69, 9.17) is 5.84 Å². The number of nitrogens with two attached hydrogens (primary N) is 1. The highest BCUT2D eigenvalue weighted by molar-refractivity contribution is 5.39. The van der Waals surface area contributed by atoms with E-state index in [1.807, 2.05) is 0 Å². The van der Waals surface area contributed by atoms with Crippen LogP contribution in [0.25, 0.3) is 0 Å². The quantitative estimate of drug-likeness (QED) is 0.515. The molecule has 2 aromatic rings. The second-order valence-electron chi connectivity index (χ2n) is 4.24. The molecule has 0 aliphatic heterocycles. The van der Waals surface area contributed by atoms with Crippen LogP contribution in [0.3, 0.4) is 0 Å². The van der Waals surface area contributed by atoms with Crippen molar-refractivity contribution in [3.8, 4) is 0 Å². The van der Waals surface area contributed by atoms with Crippen LogP contribution < -0.4 is 11.3 Å². The molecule has 0 radical (unpaired) electrons. The summed E-state index contributed by atoms with van der Waals surface area (Å²) in [6.07, 6.45) is -4.58. The smallest absolute Gasteiger partial charge is 0.271 e. The Kier molecular flexibility index (Phi) is 4.06. The van der Waals surface area contributed by atoms with Gasteiger partial charge in [-0.15, -0.1) is 0 Å². The van der Waals surface area contributed by atoms with E-state index in [9.17, 15) is 17.6 Å². The largest absolute Gasteiger partial charge is 0.416 e. The summed E-state index contributed by atoms with van der Waals surface area (Å²) in [5, 5.41) is 0. The number of benzene rings is 2. The summed E-state index contributed by atoms with van der Waals surface area (Å²) in [5.41, 5.74) is 1.67. The molecule has 3 N–H and O–H groups in total. The van der Waals surface area contributed by atoms with E-state index in [0.29, 0.717) is 5.56 Å². The van der Waals surface area contributed by atoms with Gasteiger partial charge in [0, 0.05) is 0 Å². The van der Waals surface area contributed by atoms with Gasteiger partial charge in [-0.05, 0) is 29.3 Å². The minimum Gasteiger partial charge on any atom is -0.271 e. The molecule has 0 saturated carbocycles. The van der Waals surface area contributed by atoms with Gasteiger partial charge >= 0.3 is 6.18 Å². The van der Waals surface area contributed by atoms with Crippen LogP contribution in [0.5, 0.6) is 0 Å². The fourth-order valence-corrected chi connectivity index (χ4v) is 2.04. The molecular formula is C14H12F4N2. The lowest BCUT2D eigenvalue weighted by atomic mass is 9.94. The Labute approximate surface area is 113 Å². The fraction of sp³-hybridized carbons (Fsp3) is 0.143. The van der Waals surface area contributed by atoms with E-state index in [-0.39, 0.29) is 5.56 Å². The van der Waals surface area contributed by atoms with Crippen LogP contribution in [0, 0.1) is 5.82 Å². The average Bonchev–Trinajstić information content (AvgIpc) is 2.39. The van der Waals surface area contributed by atoms with Gasteiger partial charge in [0.25, 0.3) is 0 Å². The zero-order chi connectivity index (χ0) is 14.8. The molecule has 0 aliphatic carbocycles. The molecule has 106 valence electrons. The molecule has 2 rings (SSSR count). The molecule has 0 bridgehead atoms. The molecule has 0 aromatic heterocycles. The van der Waals surface area contributed by atoms with E-state index in [1.54, 1.807) is 30.3 Å². The van der Waals surface area contributed by atoms with Crippen molar-refractivity contribution in [1.29, 1.82) is 0 Å². The predicted molar refractivity (Wildman–Crippen MR) is 67.0 cm³/mol. The lowest BCUT2D eigenvalue weighted by Gasteiger charge is -2.21. The van der Waals surface area contributed by atoms with Gasteiger partial charge in [-0.25, -0.2) is 9.82 Å². The number of nitrogens with one attached hydrogen (secondary N) is 1. The monoisotopic (exact) mass is 284 g/mol. The third kappa shape index (κ3) is 2.97. The maximum absolute atomic E-state index is 13.3. The number of halogens is 4. The molecule has 0 saturated heterocycles. The third-order valence-corrected chi connectivity index (χ3v) is 2.93. The second-order valence-corrected chi connectivity index (χ2v) is 4.24. The van der Waals surface area contributed by atoms with Crippen molar-refractivity contribution in [3.63, 3.8) is 0 Å². The van der Waals surface area contributed by atoms with Crippen LogP contribution in [0.4, 0.5) is 17.6 Å². The molecular weight excluding hydrogens is 272 g/mol. The number of hydrogen-bond donors (Lipinski definition) is 2.